The van der Waals surface area contributed by atoms with Crippen LogP contribution >= 0.6 is 0 Å². The summed E-state index contributed by atoms with van der Waals surface area (Å²) >= 11 is 0. The summed E-state index contributed by atoms with van der Waals surface area (Å²) in [5.74, 6) is 0.704. The van der Waals surface area contributed by atoms with Gasteiger partial charge in [-0.25, -0.2) is 4.98 Å². The van der Waals surface area contributed by atoms with Crippen LogP contribution in [0.1, 0.15) is 34.3 Å². The minimum Gasteiger partial charge on any atom is -0.380 e. The molecule has 3 rings (SSSR count). The van der Waals surface area contributed by atoms with Crippen LogP contribution in [0.5, 0.6) is 0 Å². The molecule has 1 amide bonds. The zero-order valence-corrected chi connectivity index (χ0v) is 12.0. The van der Waals surface area contributed by atoms with Gasteiger partial charge in [0.25, 0.3) is 5.91 Å². The van der Waals surface area contributed by atoms with Gasteiger partial charge in [-0.15, -0.1) is 0 Å². The lowest BCUT2D eigenvalue weighted by atomic mass is 10.1. The second kappa shape index (κ2) is 5.61. The highest BCUT2D eigenvalue weighted by atomic mass is 16.5. The number of nitrogens with one attached hydrogen (secondary N) is 1. The Morgan fingerprint density at radius 1 is 1.52 bits per heavy atom. The minimum atomic E-state index is -0.106. The summed E-state index contributed by atoms with van der Waals surface area (Å²) in [4.78, 5) is 21.9. The molecule has 7 heteroatoms. The van der Waals surface area contributed by atoms with Crippen molar-refractivity contribution in [1.29, 1.82) is 0 Å². The van der Waals surface area contributed by atoms with E-state index in [1.807, 2.05) is 6.92 Å². The topological polar surface area (TPSA) is 84.0 Å². The Balaban J connectivity index is 1.89. The maximum Gasteiger partial charge on any atom is 0.256 e. The first-order valence-corrected chi connectivity index (χ1v) is 6.81. The summed E-state index contributed by atoms with van der Waals surface area (Å²) < 4.78 is 5.42. The molecule has 1 saturated heterocycles. The normalized spacial score (nSPS) is 21.7. The molecule has 0 aromatic carbocycles. The number of ether oxygens (including phenoxy) is 1. The number of aromatic nitrogens is 4. The predicted molar refractivity (Wildman–Crippen MR) is 74.5 cm³/mol. The Bertz CT molecular complexity index is 628. The van der Waals surface area contributed by atoms with Crippen molar-refractivity contribution in [3.8, 4) is 0 Å². The van der Waals surface area contributed by atoms with Crippen LogP contribution in [0.25, 0.3) is 0 Å². The molecule has 1 N–H and O–H groups in total. The Morgan fingerprint density at radius 3 is 3.05 bits per heavy atom. The molecule has 1 aliphatic heterocycles. The van der Waals surface area contributed by atoms with Crippen LogP contribution in [0, 0.1) is 6.92 Å². The van der Waals surface area contributed by atoms with Gasteiger partial charge in [-0.3, -0.25) is 4.79 Å². The Labute approximate surface area is 122 Å². The molecule has 0 aliphatic carbocycles. The lowest BCUT2D eigenvalue weighted by Gasteiger charge is -2.22. The Morgan fingerprint density at radius 2 is 2.38 bits per heavy atom. The van der Waals surface area contributed by atoms with Crippen molar-refractivity contribution < 1.29 is 9.53 Å². The standard InChI is InChI=1S/C14H17N5O2/c1-9-5-10(7-17-18-9)14(20)19-8-11(21-2)6-12(19)13-15-3-4-16-13/h3-5,7,11-12H,6,8H2,1-2H3,(H,15,16)/t11-,12?/m1/s1. The molecule has 2 aromatic rings. The fourth-order valence-corrected chi connectivity index (χ4v) is 2.67. The summed E-state index contributed by atoms with van der Waals surface area (Å²) in [6.07, 6.45) is 5.69. The van der Waals surface area contributed by atoms with Crippen molar-refractivity contribution in [2.75, 3.05) is 13.7 Å². The van der Waals surface area contributed by atoms with E-state index in [4.69, 9.17) is 4.74 Å². The third kappa shape index (κ3) is 2.64. The molecule has 110 valence electrons. The van der Waals surface area contributed by atoms with Crippen LogP contribution in [0.2, 0.25) is 0 Å². The van der Waals surface area contributed by atoms with E-state index in [0.717, 1.165) is 17.9 Å². The van der Waals surface area contributed by atoms with Crippen molar-refractivity contribution in [1.82, 2.24) is 25.1 Å². The van der Waals surface area contributed by atoms with Crippen molar-refractivity contribution in [2.24, 2.45) is 0 Å². The molecule has 1 aliphatic rings. The van der Waals surface area contributed by atoms with Crippen molar-refractivity contribution in [3.05, 3.63) is 41.7 Å². The van der Waals surface area contributed by atoms with E-state index in [9.17, 15) is 4.79 Å². The Kier molecular flexibility index (Phi) is 3.66. The smallest absolute Gasteiger partial charge is 0.256 e. The van der Waals surface area contributed by atoms with E-state index in [1.54, 1.807) is 30.5 Å². The molecule has 0 radical (unpaired) electrons. The number of imidazole rings is 1. The zero-order chi connectivity index (χ0) is 14.8. The van der Waals surface area contributed by atoms with Gasteiger partial charge in [-0.1, -0.05) is 0 Å². The average molecular weight is 287 g/mol. The number of hydrogen-bond donors (Lipinski definition) is 1. The Hall–Kier alpha value is -2.28. The van der Waals surface area contributed by atoms with Crippen molar-refractivity contribution in [2.45, 2.75) is 25.5 Å². The van der Waals surface area contributed by atoms with Crippen molar-refractivity contribution >= 4 is 5.91 Å². The largest absolute Gasteiger partial charge is 0.380 e. The van der Waals surface area contributed by atoms with E-state index in [0.29, 0.717) is 12.1 Å². The van der Waals surface area contributed by atoms with E-state index in [2.05, 4.69) is 20.2 Å². The predicted octanol–water partition coefficient (Wildman–Crippen LogP) is 1.11. The average Bonchev–Trinajstić information content (AvgIpc) is 3.15. The van der Waals surface area contributed by atoms with Crippen LogP contribution in [0.4, 0.5) is 0 Å². The van der Waals surface area contributed by atoms with Gasteiger partial charge in [0.15, 0.2) is 0 Å². The number of aryl methyl sites for hydroxylation is 1. The monoisotopic (exact) mass is 287 g/mol. The van der Waals surface area contributed by atoms with Crippen LogP contribution < -0.4 is 0 Å². The molecule has 0 saturated carbocycles. The fourth-order valence-electron chi connectivity index (χ4n) is 2.67. The molecular weight excluding hydrogens is 270 g/mol. The lowest BCUT2D eigenvalue weighted by molar-refractivity contribution is 0.0684. The molecule has 1 unspecified atom stereocenters. The number of aromatic amines is 1. The van der Waals surface area contributed by atoms with Gasteiger partial charge in [0.1, 0.15) is 5.82 Å². The second-order valence-electron chi connectivity index (χ2n) is 5.13. The molecule has 0 bridgehead atoms. The van der Waals surface area contributed by atoms with Gasteiger partial charge in [-0.2, -0.15) is 10.2 Å². The number of H-pyrrole nitrogens is 1. The van der Waals surface area contributed by atoms with Crippen LogP contribution in [0.3, 0.4) is 0 Å². The van der Waals surface area contributed by atoms with Crippen LogP contribution in [0.15, 0.2) is 24.7 Å². The SMILES string of the molecule is CO[C@@H]1CC(c2ncc[nH]2)N(C(=O)c2cnnc(C)c2)C1. The summed E-state index contributed by atoms with van der Waals surface area (Å²) in [6, 6.07) is 1.64. The molecule has 21 heavy (non-hydrogen) atoms. The van der Waals surface area contributed by atoms with Gasteiger partial charge < -0.3 is 14.6 Å². The highest BCUT2D eigenvalue weighted by Crippen LogP contribution is 2.32. The van der Waals surface area contributed by atoms with Crippen LogP contribution in [-0.4, -0.2) is 50.7 Å². The fraction of sp³-hybridized carbons (Fsp3) is 0.429. The third-order valence-corrected chi connectivity index (χ3v) is 3.72. The van der Waals surface area contributed by atoms with E-state index in [1.165, 1.54) is 6.20 Å². The first kappa shape index (κ1) is 13.7. The lowest BCUT2D eigenvalue weighted by Crippen LogP contribution is -2.32. The number of carbonyl (C=O) groups is 1. The first-order valence-electron chi connectivity index (χ1n) is 6.81. The number of nitrogens with zero attached hydrogens (tertiary/aromatic N) is 4. The molecule has 2 aromatic heterocycles. The summed E-state index contributed by atoms with van der Waals surface area (Å²) in [7, 11) is 1.66. The van der Waals surface area contributed by atoms with Gasteiger partial charge >= 0.3 is 0 Å². The number of likely N-dealkylation sites (tertiary alicyclic amines) is 1. The van der Waals surface area contributed by atoms with E-state index < -0.39 is 0 Å². The van der Waals surface area contributed by atoms with Gasteiger partial charge in [0.05, 0.1) is 29.6 Å². The summed E-state index contributed by atoms with van der Waals surface area (Å²) in [5, 5.41) is 7.74. The van der Waals surface area contributed by atoms with Gasteiger partial charge in [-0.05, 0) is 13.0 Å². The second-order valence-corrected chi connectivity index (χ2v) is 5.13. The maximum absolute atomic E-state index is 12.7. The molecule has 7 nitrogen and oxygen atoms in total. The summed E-state index contributed by atoms with van der Waals surface area (Å²) in [6.45, 7) is 2.36. The number of rotatable bonds is 3. The number of hydrogen-bond acceptors (Lipinski definition) is 5. The minimum absolute atomic E-state index is 0.0138. The molecule has 3 heterocycles. The molecule has 1 fully saturated rings. The number of methoxy groups -OCH3 is 1. The highest BCUT2D eigenvalue weighted by molar-refractivity contribution is 5.94. The molecule has 0 spiro atoms. The number of carbonyl (C=O) groups excluding carboxylic acids is 1. The van der Waals surface area contributed by atoms with Gasteiger partial charge in [0, 0.05) is 32.5 Å². The zero-order valence-electron chi connectivity index (χ0n) is 12.0. The van der Waals surface area contributed by atoms with E-state index >= 15 is 0 Å². The van der Waals surface area contributed by atoms with Crippen molar-refractivity contribution in [3.63, 3.8) is 0 Å². The quantitative estimate of drug-likeness (QED) is 0.914. The van der Waals surface area contributed by atoms with Crippen LogP contribution in [-0.2, 0) is 4.74 Å². The van der Waals surface area contributed by atoms with E-state index in [-0.39, 0.29) is 18.1 Å². The van der Waals surface area contributed by atoms with Gasteiger partial charge in [0.2, 0.25) is 0 Å². The molecule has 2 atom stereocenters. The highest BCUT2D eigenvalue weighted by Gasteiger charge is 2.38. The molecular formula is C14H17N5O2. The number of amides is 1. The third-order valence-electron chi connectivity index (χ3n) is 3.72. The summed E-state index contributed by atoms with van der Waals surface area (Å²) in [5.41, 5.74) is 1.26. The maximum atomic E-state index is 12.7. The first-order chi connectivity index (χ1) is 10.2.